The molecule has 0 bridgehead atoms. The number of pyridine rings is 3. The van der Waals surface area contributed by atoms with E-state index in [1.54, 1.807) is 84.0 Å². The Bertz CT molecular complexity index is 1580. The van der Waals surface area contributed by atoms with Crippen LogP contribution in [0, 0.1) is 10.8 Å². The molecule has 232 valence electrons. The molecule has 45 heavy (non-hydrogen) atoms. The van der Waals surface area contributed by atoms with Crippen LogP contribution in [-0.4, -0.2) is 45.9 Å². The smallest absolute Gasteiger partial charge is 0.298 e. The molecule has 0 aliphatic heterocycles. The number of ether oxygens (including phenoxy) is 3. The molecule has 3 aromatic heterocycles. The van der Waals surface area contributed by atoms with E-state index < -0.39 is 10.8 Å². The fourth-order valence-electron chi connectivity index (χ4n) is 3.87. The van der Waals surface area contributed by atoms with Crippen molar-refractivity contribution in [3.63, 3.8) is 0 Å². The van der Waals surface area contributed by atoms with Crippen molar-refractivity contribution in [1.29, 1.82) is 0 Å². The van der Waals surface area contributed by atoms with E-state index in [-0.39, 0.29) is 42.5 Å². The van der Waals surface area contributed by atoms with E-state index in [2.05, 4.69) is 9.97 Å². The maximum Gasteiger partial charge on any atom is 0.298 e. The maximum absolute atomic E-state index is 12.8. The molecular weight excluding hydrogens is 578 g/mol. The molecule has 0 amide bonds. The number of carbonyl (C=O) groups is 5. The molecule has 0 aromatic carbocycles. The zero-order valence-electron chi connectivity index (χ0n) is 25.8. The van der Waals surface area contributed by atoms with Crippen molar-refractivity contribution in [2.24, 2.45) is 10.8 Å². The van der Waals surface area contributed by atoms with E-state index in [9.17, 15) is 24.0 Å². The largest absolute Gasteiger partial charge is 0.437 e. The minimum atomic E-state index is -0.789. The summed E-state index contributed by atoms with van der Waals surface area (Å²) in [5.41, 5.74) is 1.71. The first kappa shape index (κ1) is 33.9. The van der Waals surface area contributed by atoms with Crippen molar-refractivity contribution < 1.29 is 38.2 Å². The average Bonchev–Trinajstić information content (AvgIpc) is 2.99. The van der Waals surface area contributed by atoms with Gasteiger partial charge in [0, 0.05) is 23.2 Å². The lowest BCUT2D eigenvalue weighted by Gasteiger charge is -2.17. The molecule has 0 unspecified atom stereocenters. The highest BCUT2D eigenvalue weighted by Gasteiger charge is 2.27. The fourth-order valence-corrected chi connectivity index (χ4v) is 3.87. The van der Waals surface area contributed by atoms with Gasteiger partial charge in [-0.05, 0) is 71.3 Å². The third-order valence-electron chi connectivity index (χ3n) is 6.09. The molecule has 0 N–H and O–H groups in total. The van der Waals surface area contributed by atoms with Crippen LogP contribution in [0.4, 0.5) is 0 Å². The third-order valence-corrected chi connectivity index (χ3v) is 6.09. The van der Waals surface area contributed by atoms with E-state index in [0.717, 1.165) is 0 Å². The number of aromatic nitrogens is 3. The lowest BCUT2D eigenvalue weighted by atomic mass is 9.89. The topological polar surface area (TPSA) is 152 Å². The summed E-state index contributed by atoms with van der Waals surface area (Å²) >= 11 is 0. The predicted octanol–water partition coefficient (Wildman–Crippen LogP) is 5.61. The average molecular weight is 612 g/mol. The standard InChI is InChI=1S/C34H33N3O8/c1-33(2,3)31(41)29(44-20-39)17-22-7-10-35-25(13-22)27-15-24(9-12-43-19-38)16-28(37-27)26-14-23(8-11-36-26)18-30(45-21-40)32(42)34(4,5)6/h7-21H,1-6H3/b12-9+,29-17+,30-18+. The number of nitrogens with zero attached hydrogens (tertiary/aromatic N) is 3. The maximum atomic E-state index is 12.8. The Morgan fingerprint density at radius 3 is 1.42 bits per heavy atom. The second-order valence-electron chi connectivity index (χ2n) is 11.8. The van der Waals surface area contributed by atoms with Gasteiger partial charge in [0.25, 0.3) is 19.4 Å². The minimum absolute atomic E-state index is 0.122. The molecule has 0 radical (unpaired) electrons. The van der Waals surface area contributed by atoms with Gasteiger partial charge in [-0.25, -0.2) is 4.98 Å². The number of allylic oxidation sites excluding steroid dienone is 2. The molecular formula is C34H33N3O8. The van der Waals surface area contributed by atoms with Crippen LogP contribution >= 0.6 is 0 Å². The normalized spacial score (nSPS) is 12.4. The summed E-state index contributed by atoms with van der Waals surface area (Å²) < 4.78 is 14.7. The van der Waals surface area contributed by atoms with E-state index in [1.807, 2.05) is 0 Å². The zero-order chi connectivity index (χ0) is 33.2. The third kappa shape index (κ3) is 9.45. The van der Waals surface area contributed by atoms with Crippen molar-refractivity contribution in [3.05, 3.63) is 83.3 Å². The van der Waals surface area contributed by atoms with Gasteiger partial charge in [0.2, 0.25) is 11.6 Å². The SMILES string of the molecule is CC(C)(C)C(=O)/C(=C\c1ccnc(-c2cc(/C=C/OC=O)cc(-c3cc(/C=C(/OC=O)C(=O)C(C)(C)C)ccn3)n2)c1)OC=O. The van der Waals surface area contributed by atoms with Crippen molar-refractivity contribution in [2.75, 3.05) is 0 Å². The van der Waals surface area contributed by atoms with Crippen molar-refractivity contribution in [1.82, 2.24) is 15.0 Å². The predicted molar refractivity (Wildman–Crippen MR) is 166 cm³/mol. The molecule has 11 heteroatoms. The first-order valence-electron chi connectivity index (χ1n) is 13.7. The Labute approximate surface area is 260 Å². The van der Waals surface area contributed by atoms with Gasteiger partial charge in [0.1, 0.15) is 0 Å². The Balaban J connectivity index is 2.15. The zero-order valence-corrected chi connectivity index (χ0v) is 25.8. The highest BCUT2D eigenvalue weighted by Crippen LogP contribution is 2.28. The van der Waals surface area contributed by atoms with Crippen LogP contribution in [0.3, 0.4) is 0 Å². The summed E-state index contributed by atoms with van der Waals surface area (Å²) in [6, 6.07) is 10.0. The summed E-state index contributed by atoms with van der Waals surface area (Å²) in [7, 11) is 0. The summed E-state index contributed by atoms with van der Waals surface area (Å²) in [5, 5.41) is 0. The van der Waals surface area contributed by atoms with Crippen LogP contribution in [0.25, 0.3) is 41.0 Å². The summed E-state index contributed by atoms with van der Waals surface area (Å²) in [6.45, 7) is 11.0. The van der Waals surface area contributed by atoms with Gasteiger partial charge in [0.15, 0.2) is 11.5 Å². The van der Waals surface area contributed by atoms with Crippen molar-refractivity contribution >= 4 is 49.2 Å². The van der Waals surface area contributed by atoms with Crippen LogP contribution in [-0.2, 0) is 38.2 Å². The van der Waals surface area contributed by atoms with Gasteiger partial charge in [0.05, 0.1) is 29.0 Å². The van der Waals surface area contributed by atoms with Gasteiger partial charge in [-0.2, -0.15) is 0 Å². The fraction of sp³-hybridized carbons (Fsp3) is 0.235. The summed E-state index contributed by atoms with van der Waals surface area (Å²) in [6.07, 6.45) is 8.69. The lowest BCUT2D eigenvalue weighted by Crippen LogP contribution is -2.23. The first-order chi connectivity index (χ1) is 21.3. The van der Waals surface area contributed by atoms with Crippen LogP contribution in [0.5, 0.6) is 0 Å². The van der Waals surface area contributed by atoms with Gasteiger partial charge >= 0.3 is 0 Å². The summed E-state index contributed by atoms with van der Waals surface area (Å²) in [5.74, 6) is -0.964. The van der Waals surface area contributed by atoms with Gasteiger partial charge in [-0.3, -0.25) is 33.9 Å². The Hall–Kier alpha value is -5.58. The number of Topliss-reactive ketones (excluding diaryl/α,β-unsaturated/α-hetero) is 2. The molecule has 3 aromatic rings. The molecule has 0 saturated carbocycles. The number of hydrogen-bond donors (Lipinski definition) is 0. The lowest BCUT2D eigenvalue weighted by molar-refractivity contribution is -0.133. The van der Waals surface area contributed by atoms with E-state index in [4.69, 9.17) is 19.2 Å². The molecule has 0 saturated heterocycles. The van der Waals surface area contributed by atoms with Gasteiger partial charge in [-0.1, -0.05) is 41.5 Å². The van der Waals surface area contributed by atoms with Crippen LogP contribution < -0.4 is 0 Å². The first-order valence-corrected chi connectivity index (χ1v) is 13.7. The highest BCUT2D eigenvalue weighted by atomic mass is 16.5. The highest BCUT2D eigenvalue weighted by molar-refractivity contribution is 6.02. The molecule has 0 aliphatic rings. The second kappa shape index (κ2) is 14.7. The second-order valence-corrected chi connectivity index (χ2v) is 11.8. The van der Waals surface area contributed by atoms with Crippen molar-refractivity contribution in [2.45, 2.75) is 41.5 Å². The Morgan fingerprint density at radius 1 is 0.622 bits per heavy atom. The van der Waals surface area contributed by atoms with Gasteiger partial charge in [-0.15, -0.1) is 0 Å². The molecule has 0 atom stereocenters. The number of carbonyl (C=O) groups excluding carboxylic acids is 5. The summed E-state index contributed by atoms with van der Waals surface area (Å²) in [4.78, 5) is 72.2. The monoisotopic (exact) mass is 611 g/mol. The van der Waals surface area contributed by atoms with Crippen molar-refractivity contribution in [3.8, 4) is 22.8 Å². The quantitative estimate of drug-likeness (QED) is 0.103. The van der Waals surface area contributed by atoms with E-state index in [0.29, 0.717) is 39.5 Å². The molecule has 3 heterocycles. The Morgan fingerprint density at radius 2 is 1.04 bits per heavy atom. The molecule has 0 spiro atoms. The van der Waals surface area contributed by atoms with Crippen LogP contribution in [0.1, 0.15) is 58.2 Å². The van der Waals surface area contributed by atoms with Gasteiger partial charge < -0.3 is 14.2 Å². The van der Waals surface area contributed by atoms with E-state index >= 15 is 0 Å². The van der Waals surface area contributed by atoms with E-state index in [1.165, 1.54) is 30.8 Å². The molecule has 0 fully saturated rings. The molecule has 0 aliphatic carbocycles. The van der Waals surface area contributed by atoms with Crippen LogP contribution in [0.15, 0.2) is 66.6 Å². The van der Waals surface area contributed by atoms with Crippen LogP contribution in [0.2, 0.25) is 0 Å². The minimum Gasteiger partial charge on any atom is -0.437 e. The number of hydrogen-bond acceptors (Lipinski definition) is 11. The Kier molecular flexibility index (Phi) is 11.1. The number of rotatable bonds is 13. The molecule has 11 nitrogen and oxygen atoms in total. The number of ketones is 2. The molecule has 3 rings (SSSR count).